The molecule has 82 heavy (non-hydrogen) atoms. The van der Waals surface area contributed by atoms with Gasteiger partial charge >= 0.3 is 11.9 Å². The summed E-state index contributed by atoms with van der Waals surface area (Å²) in [5, 5.41) is 62.4. The Kier molecular flexibility index (Phi) is 34.5. The third kappa shape index (κ3) is 29.9. The van der Waals surface area contributed by atoms with Crippen molar-refractivity contribution < 1.29 is 63.0 Å². The van der Waals surface area contributed by atoms with Crippen LogP contribution in [0.5, 0.6) is 0 Å². The number of carbonyl (C=O) groups is 11. The maximum Gasteiger partial charge on any atom is 0.303 e. The number of guanidine groups is 2. The topological polar surface area (TPSA) is 486 Å². The first-order valence-electron chi connectivity index (χ1n) is 27.7. The molecule has 1 rings (SSSR count). The number of hydrogen-bond donors (Lipinski definition) is 18. The van der Waals surface area contributed by atoms with Gasteiger partial charge in [-0.3, -0.25) is 63.6 Å². The lowest BCUT2D eigenvalue weighted by Gasteiger charge is -2.29. The molecule has 21 N–H and O–H groups in total. The van der Waals surface area contributed by atoms with Gasteiger partial charge in [-0.2, -0.15) is 0 Å². The van der Waals surface area contributed by atoms with E-state index in [9.17, 15) is 63.0 Å². The van der Waals surface area contributed by atoms with Crippen molar-refractivity contribution in [2.75, 3.05) is 33.2 Å². The van der Waals surface area contributed by atoms with E-state index >= 15 is 0 Å². The van der Waals surface area contributed by atoms with Crippen LogP contribution in [0.4, 0.5) is 0 Å². The molecule has 0 aliphatic carbocycles. The molecule has 29 nitrogen and oxygen atoms in total. The van der Waals surface area contributed by atoms with Gasteiger partial charge in [-0.05, 0) is 94.6 Å². The minimum absolute atomic E-state index is 0.0110. The molecule has 1 aromatic rings. The third-order valence-corrected chi connectivity index (χ3v) is 13.0. The Morgan fingerprint density at radius 2 is 0.963 bits per heavy atom. The number of aliphatic carboxylic acids is 2. The Bertz CT molecular complexity index is 2290. The first kappa shape index (κ1) is 71.9. The number of carboxylic acid groups (broad SMARTS) is 2. The van der Waals surface area contributed by atoms with Crippen molar-refractivity contribution in [2.45, 2.75) is 167 Å². The van der Waals surface area contributed by atoms with E-state index in [1.54, 1.807) is 20.8 Å². The molecule has 0 bridgehead atoms. The van der Waals surface area contributed by atoms with Crippen molar-refractivity contribution in [3.05, 3.63) is 35.9 Å². The Hall–Kier alpha value is -8.11. The highest BCUT2D eigenvalue weighted by molar-refractivity contribution is 5.98. The summed E-state index contributed by atoms with van der Waals surface area (Å²) in [6.45, 7) is 8.44. The largest absolute Gasteiger partial charge is 0.481 e. The van der Waals surface area contributed by atoms with Gasteiger partial charge in [0.25, 0.3) is 0 Å². The van der Waals surface area contributed by atoms with E-state index < -0.39 is 157 Å². The van der Waals surface area contributed by atoms with E-state index in [2.05, 4.69) is 58.5 Å². The van der Waals surface area contributed by atoms with Crippen LogP contribution < -0.4 is 75.7 Å². The summed E-state index contributed by atoms with van der Waals surface area (Å²) in [6, 6.07) is -0.422. The van der Waals surface area contributed by atoms with Crippen LogP contribution in [0.15, 0.2) is 30.3 Å². The molecule has 1 aromatic carbocycles. The number of nitrogens with two attached hydrogens (primary N) is 3. The second kappa shape index (κ2) is 39.3. The molecule has 460 valence electrons. The van der Waals surface area contributed by atoms with Gasteiger partial charge in [-0.25, -0.2) is 0 Å². The minimum atomic E-state index is -1.65. The van der Waals surface area contributed by atoms with E-state index in [0.717, 1.165) is 5.56 Å². The molecular weight excluding hydrogens is 1070 g/mol. The van der Waals surface area contributed by atoms with Crippen molar-refractivity contribution >= 4 is 77.0 Å². The first-order valence-corrected chi connectivity index (χ1v) is 27.7. The predicted octanol–water partition coefficient (Wildman–Crippen LogP) is -2.40. The van der Waals surface area contributed by atoms with Crippen LogP contribution in [0.2, 0.25) is 0 Å². The zero-order valence-corrected chi connectivity index (χ0v) is 48.0. The van der Waals surface area contributed by atoms with Crippen molar-refractivity contribution in [1.82, 2.24) is 58.5 Å². The van der Waals surface area contributed by atoms with Gasteiger partial charge in [0.2, 0.25) is 53.2 Å². The van der Waals surface area contributed by atoms with Gasteiger partial charge in [0.15, 0.2) is 11.9 Å². The SMILES string of the molecule is CC[C@H](C)C(NC(=O)[C@H](CCCNC(=N)N)NC(=O)[C@H](CCC(=O)O)NC(=O)[C@H](CCCCN)NC(=O)[C@H](CCCNC(=N)N)NC(=O)[C@@H](C)Cc1ccccc1)C(=O)N[C@@H](CCC(=O)O)C(=O)NCC(=O)N[C@@H](CC(C)C)C(=O)NC. The van der Waals surface area contributed by atoms with Crippen LogP contribution in [0.3, 0.4) is 0 Å². The molecule has 0 fully saturated rings. The lowest BCUT2D eigenvalue weighted by atomic mass is 9.96. The number of nitrogens with one attached hydrogen (secondary N) is 13. The molecule has 0 heterocycles. The van der Waals surface area contributed by atoms with Gasteiger partial charge in [0.05, 0.1) is 6.54 Å². The highest BCUT2D eigenvalue weighted by Crippen LogP contribution is 2.14. The number of amides is 9. The smallest absolute Gasteiger partial charge is 0.303 e. The molecule has 29 heteroatoms. The van der Waals surface area contributed by atoms with Crippen LogP contribution in [-0.4, -0.2) is 163 Å². The van der Waals surface area contributed by atoms with Gasteiger partial charge in [0, 0.05) is 38.9 Å². The molecule has 0 radical (unpaired) electrons. The normalized spacial score (nSPS) is 14.2. The van der Waals surface area contributed by atoms with Gasteiger partial charge in [-0.15, -0.1) is 0 Å². The van der Waals surface area contributed by atoms with Crippen molar-refractivity contribution in [3.8, 4) is 0 Å². The van der Waals surface area contributed by atoms with Crippen LogP contribution >= 0.6 is 0 Å². The number of carbonyl (C=O) groups excluding carboxylic acids is 9. The summed E-state index contributed by atoms with van der Waals surface area (Å²) in [7, 11) is 1.40. The standard InChI is InChI=1S/C53H90N16O13/c1-7-31(4)43(51(82)68-37(20-22-41(71)72)46(77)62-29-40(70)63-39(27-30(2)3)45(76)59-6)69-50(81)36(19-14-26-61-53(57)58)66-49(80)38(21-23-42(73)74)67-47(78)34(17-11-12-24-54)65-48(79)35(18-13-25-60-52(55)56)64-44(75)32(5)28-33-15-9-8-10-16-33/h8-10,15-16,30-32,34-39,43H,7,11-14,17-29,54H2,1-6H3,(H,59,76)(H,62,77)(H,63,70)(H,64,75)(H,65,79)(H,66,80)(H,67,78)(H,68,82)(H,69,81)(H,71,72)(H,73,74)(H4,55,56,60)(H4,57,58,61)/t31-,32-,34-,35-,36-,37-,38-,39-,43?/m0/s1. The number of carboxylic acids is 2. The Balaban J connectivity index is 3.57. The number of likely N-dealkylation sites (N-methyl/N-ethyl adjacent to an activating group) is 1. The Labute approximate surface area is 478 Å². The number of unbranched alkanes of at least 4 members (excludes halogenated alkanes) is 1. The minimum Gasteiger partial charge on any atom is -0.481 e. The Morgan fingerprint density at radius 1 is 0.524 bits per heavy atom. The average molecular weight is 1160 g/mol. The maximum absolute atomic E-state index is 14.4. The van der Waals surface area contributed by atoms with Gasteiger partial charge in [-0.1, -0.05) is 71.4 Å². The highest BCUT2D eigenvalue weighted by atomic mass is 16.4. The van der Waals surface area contributed by atoms with Crippen molar-refractivity contribution in [1.29, 1.82) is 10.8 Å². The molecule has 0 aromatic heterocycles. The van der Waals surface area contributed by atoms with Crippen LogP contribution in [0.25, 0.3) is 0 Å². The molecule has 0 saturated heterocycles. The van der Waals surface area contributed by atoms with Gasteiger partial charge < -0.3 is 85.9 Å². The molecular formula is C53H90N16O13. The second-order valence-electron chi connectivity index (χ2n) is 20.5. The lowest BCUT2D eigenvalue weighted by molar-refractivity contribution is -0.139. The zero-order chi connectivity index (χ0) is 61.9. The fourth-order valence-electron chi connectivity index (χ4n) is 8.25. The number of rotatable bonds is 41. The fourth-order valence-corrected chi connectivity index (χ4v) is 8.25. The monoisotopic (exact) mass is 1160 g/mol. The molecule has 1 unspecified atom stereocenters. The quantitative estimate of drug-likeness (QED) is 0.0185. The van der Waals surface area contributed by atoms with Crippen molar-refractivity contribution in [2.24, 2.45) is 35.0 Å². The summed E-state index contributed by atoms with van der Waals surface area (Å²) in [4.78, 5) is 147. The second-order valence-corrected chi connectivity index (χ2v) is 20.5. The summed E-state index contributed by atoms with van der Waals surface area (Å²) >= 11 is 0. The van der Waals surface area contributed by atoms with E-state index in [0.29, 0.717) is 19.3 Å². The summed E-state index contributed by atoms with van der Waals surface area (Å²) < 4.78 is 0. The third-order valence-electron chi connectivity index (χ3n) is 13.0. The van der Waals surface area contributed by atoms with Crippen molar-refractivity contribution in [3.63, 3.8) is 0 Å². The maximum atomic E-state index is 14.4. The zero-order valence-electron chi connectivity index (χ0n) is 48.0. The number of hydrogen-bond acceptors (Lipinski definition) is 14. The predicted molar refractivity (Wildman–Crippen MR) is 304 cm³/mol. The van der Waals surface area contributed by atoms with E-state index in [4.69, 9.17) is 28.0 Å². The van der Waals surface area contributed by atoms with E-state index in [1.807, 2.05) is 44.2 Å². The van der Waals surface area contributed by atoms with E-state index in [-0.39, 0.29) is 76.5 Å². The number of benzene rings is 1. The molecule has 9 amide bonds. The van der Waals surface area contributed by atoms with Crippen LogP contribution in [0, 0.1) is 28.6 Å². The summed E-state index contributed by atoms with van der Waals surface area (Å²) in [5.74, 6) is -11.8. The van der Waals surface area contributed by atoms with Gasteiger partial charge in [0.1, 0.15) is 42.3 Å². The molecule has 0 aliphatic rings. The summed E-state index contributed by atoms with van der Waals surface area (Å²) in [6.07, 6.45) is -0.436. The molecule has 0 spiro atoms. The Morgan fingerprint density at radius 3 is 1.40 bits per heavy atom. The van der Waals surface area contributed by atoms with Crippen LogP contribution in [-0.2, 0) is 59.2 Å². The molecule has 9 atom stereocenters. The highest BCUT2D eigenvalue weighted by Gasteiger charge is 2.36. The molecule has 0 aliphatic heterocycles. The molecule has 0 saturated carbocycles. The van der Waals surface area contributed by atoms with Crippen LogP contribution in [0.1, 0.15) is 124 Å². The summed E-state index contributed by atoms with van der Waals surface area (Å²) in [5.41, 5.74) is 17.5. The lowest BCUT2D eigenvalue weighted by Crippen LogP contribution is -2.60. The van der Waals surface area contributed by atoms with E-state index in [1.165, 1.54) is 7.05 Å². The first-order chi connectivity index (χ1) is 38.7. The fraction of sp³-hybridized carbons (Fsp3) is 0.642. The average Bonchev–Trinajstić information content (AvgIpc) is 3.49.